The predicted molar refractivity (Wildman–Crippen MR) is 217 cm³/mol. The Balaban J connectivity index is 0.984. The van der Waals surface area contributed by atoms with Crippen LogP contribution in [-0.4, -0.2) is 159 Å². The molecule has 0 bridgehead atoms. The average molecular weight is 840 g/mol. The van der Waals surface area contributed by atoms with Gasteiger partial charge in [-0.15, -0.1) is 0 Å². The highest BCUT2D eigenvalue weighted by atomic mass is 16.6. The quantitative estimate of drug-likeness (QED) is 0.333. The van der Waals surface area contributed by atoms with E-state index in [0.717, 1.165) is 22.3 Å². The fourth-order valence-electron chi connectivity index (χ4n) is 10.7. The molecule has 0 unspecified atom stereocenters. The van der Waals surface area contributed by atoms with Crippen LogP contribution >= 0.6 is 0 Å². The van der Waals surface area contributed by atoms with Gasteiger partial charge in [-0.1, -0.05) is 48.5 Å². The smallest absolute Gasteiger partial charge is 0.410 e. The zero-order chi connectivity index (χ0) is 43.1. The Morgan fingerprint density at radius 2 is 0.984 bits per heavy atom. The number of ether oxygens (including phenoxy) is 1. The largest absolute Gasteiger partial charge is 0.480 e. The summed E-state index contributed by atoms with van der Waals surface area (Å²) in [6.07, 6.45) is 2.04. The van der Waals surface area contributed by atoms with Crippen LogP contribution in [0, 0.1) is 0 Å². The second-order valence-electron chi connectivity index (χ2n) is 17.2. The summed E-state index contributed by atoms with van der Waals surface area (Å²) < 4.78 is 5.95. The molecule has 0 spiro atoms. The van der Waals surface area contributed by atoms with Gasteiger partial charge >= 0.3 is 12.1 Å². The number of rotatable bonds is 9. The molecule has 0 radical (unpaired) electrons. The number of carbonyl (C=O) groups excluding carboxylic acids is 7. The van der Waals surface area contributed by atoms with Crippen molar-refractivity contribution in [2.75, 3.05) is 39.3 Å². The van der Waals surface area contributed by atoms with Crippen LogP contribution in [0.4, 0.5) is 4.79 Å². The molecule has 2 aromatic carbocycles. The molecule has 8 rings (SSSR count). The van der Waals surface area contributed by atoms with E-state index in [4.69, 9.17) is 4.74 Å². The van der Waals surface area contributed by atoms with Gasteiger partial charge in [-0.05, 0) is 73.6 Å². The van der Waals surface area contributed by atoms with E-state index >= 15 is 0 Å². The van der Waals surface area contributed by atoms with Gasteiger partial charge in [-0.2, -0.15) is 0 Å². The average Bonchev–Trinajstić information content (AvgIpc) is 4.10. The number of carboxylic acids is 1. The molecule has 324 valence electrons. The van der Waals surface area contributed by atoms with E-state index in [1.807, 2.05) is 36.4 Å². The summed E-state index contributed by atoms with van der Waals surface area (Å²) in [5, 5.41) is 15.4. The summed E-state index contributed by atoms with van der Waals surface area (Å²) in [6, 6.07) is 9.92. The van der Waals surface area contributed by atoms with Crippen LogP contribution in [0.15, 0.2) is 48.5 Å². The first-order chi connectivity index (χ1) is 29.3. The predicted octanol–water partition coefficient (Wildman–Crippen LogP) is 1.68. The molecule has 6 aliphatic rings. The third-order valence-electron chi connectivity index (χ3n) is 13.3. The molecule has 5 heterocycles. The number of fused-ring (bicyclic) bond motifs is 3. The van der Waals surface area contributed by atoms with Crippen LogP contribution in [0.2, 0.25) is 0 Å². The van der Waals surface area contributed by atoms with Crippen LogP contribution in [0.3, 0.4) is 0 Å². The molecule has 2 aromatic rings. The molecule has 7 amide bonds. The van der Waals surface area contributed by atoms with E-state index in [9.17, 15) is 43.5 Å². The zero-order valence-electron chi connectivity index (χ0n) is 34.5. The number of nitrogens with zero attached hydrogens (tertiary/aromatic N) is 5. The van der Waals surface area contributed by atoms with Gasteiger partial charge in [0, 0.05) is 64.6 Å². The van der Waals surface area contributed by atoms with E-state index in [2.05, 4.69) is 22.8 Å². The molecule has 0 saturated carbocycles. The summed E-state index contributed by atoms with van der Waals surface area (Å²) in [7, 11) is 0. The number of benzene rings is 2. The summed E-state index contributed by atoms with van der Waals surface area (Å²) >= 11 is 0. The normalized spacial score (nSPS) is 26.9. The molecule has 1 aliphatic carbocycles. The van der Waals surface area contributed by atoms with Crippen molar-refractivity contribution in [1.82, 2.24) is 35.1 Å². The fraction of sp³-hybridized carbons (Fsp3) is 0.545. The maximum atomic E-state index is 14.7. The van der Waals surface area contributed by atoms with Crippen molar-refractivity contribution in [3.63, 3.8) is 0 Å². The van der Waals surface area contributed by atoms with E-state index in [1.54, 1.807) is 0 Å². The highest BCUT2D eigenvalue weighted by molar-refractivity contribution is 5.97. The molecule has 61 heavy (non-hydrogen) atoms. The van der Waals surface area contributed by atoms with Gasteiger partial charge in [0.2, 0.25) is 35.4 Å². The van der Waals surface area contributed by atoms with Crippen molar-refractivity contribution in [2.45, 2.75) is 113 Å². The Hall–Kier alpha value is -6.00. The van der Waals surface area contributed by atoms with Crippen molar-refractivity contribution in [3.05, 3.63) is 59.7 Å². The molecule has 5 saturated heterocycles. The van der Waals surface area contributed by atoms with Crippen molar-refractivity contribution in [3.8, 4) is 11.1 Å². The maximum absolute atomic E-state index is 14.7. The van der Waals surface area contributed by atoms with Gasteiger partial charge in [0.05, 0.1) is 0 Å². The highest BCUT2D eigenvalue weighted by Gasteiger charge is 2.52. The van der Waals surface area contributed by atoms with Crippen LogP contribution in [-0.2, 0) is 38.3 Å². The minimum atomic E-state index is -1.13. The minimum absolute atomic E-state index is 0.00492. The summed E-state index contributed by atoms with van der Waals surface area (Å²) in [5.41, 5.74) is 4.30. The lowest BCUT2D eigenvalue weighted by molar-refractivity contribution is -0.154. The van der Waals surface area contributed by atoms with E-state index in [-0.39, 0.29) is 69.9 Å². The van der Waals surface area contributed by atoms with E-state index < -0.39 is 78.0 Å². The second-order valence-corrected chi connectivity index (χ2v) is 17.2. The Morgan fingerprint density at radius 3 is 1.46 bits per heavy atom. The van der Waals surface area contributed by atoms with Crippen LogP contribution in [0.1, 0.15) is 82.3 Å². The Kier molecular flexibility index (Phi) is 11.7. The minimum Gasteiger partial charge on any atom is -0.480 e. The zero-order valence-corrected chi connectivity index (χ0v) is 34.5. The van der Waals surface area contributed by atoms with Gasteiger partial charge in [-0.3, -0.25) is 33.7 Å². The van der Waals surface area contributed by atoms with Crippen molar-refractivity contribution in [2.24, 2.45) is 0 Å². The highest BCUT2D eigenvalue weighted by Crippen LogP contribution is 2.44. The third kappa shape index (κ3) is 8.01. The number of hydrogen-bond acceptors (Lipinski definition) is 9. The van der Waals surface area contributed by atoms with Crippen molar-refractivity contribution < 1.29 is 48.2 Å². The van der Waals surface area contributed by atoms with Crippen LogP contribution < -0.4 is 10.6 Å². The standard InChI is InChI=1S/C44H53N7O10/c1-25(52)45-27-20-37(41(56)47-17-7-14-34(47)39(54)50-22-28(46-26(2)53)21-38(50)42(57)48-18-9-16-36(48)43(58)59)51(23-27)40(55)35-15-8-19-49(35)44(60)61-24-33-31-12-5-3-10-29(31)30-11-4-6-13-32(30)33/h3-6,10-13,27-28,33-38H,7-9,14-24H2,1-2H3,(H,45,52)(H,46,53)(H,58,59)/t27-,28-,34-,35-,36-,37-,38-/m0/s1. The lowest BCUT2D eigenvalue weighted by Gasteiger charge is -2.36. The molecule has 17 nitrogen and oxygen atoms in total. The molecule has 5 fully saturated rings. The number of amides is 7. The first kappa shape index (κ1) is 41.7. The van der Waals surface area contributed by atoms with Crippen LogP contribution in [0.5, 0.6) is 0 Å². The molecule has 7 atom stereocenters. The number of likely N-dealkylation sites (tertiary alicyclic amines) is 5. The first-order valence-corrected chi connectivity index (χ1v) is 21.4. The number of aliphatic carboxylic acids is 1. The summed E-state index contributed by atoms with van der Waals surface area (Å²) in [5.74, 6) is -3.89. The number of nitrogens with one attached hydrogen (secondary N) is 2. The van der Waals surface area contributed by atoms with E-state index in [1.165, 1.54) is 38.3 Å². The summed E-state index contributed by atoms with van der Waals surface area (Å²) in [4.78, 5) is 115. The molecule has 0 aromatic heterocycles. The lowest BCUT2D eigenvalue weighted by atomic mass is 9.98. The van der Waals surface area contributed by atoms with Crippen molar-refractivity contribution in [1.29, 1.82) is 0 Å². The van der Waals surface area contributed by atoms with Gasteiger partial charge in [-0.25, -0.2) is 9.59 Å². The number of hydrogen-bond donors (Lipinski definition) is 3. The van der Waals surface area contributed by atoms with Gasteiger partial charge in [0.25, 0.3) is 0 Å². The molecule has 5 aliphatic heterocycles. The second kappa shape index (κ2) is 17.2. The Bertz CT molecular complexity index is 2080. The first-order valence-electron chi connectivity index (χ1n) is 21.4. The van der Waals surface area contributed by atoms with E-state index in [0.29, 0.717) is 38.5 Å². The molecular weight excluding hydrogens is 787 g/mol. The Labute approximate surface area is 353 Å². The molecule has 3 N–H and O–H groups in total. The third-order valence-corrected chi connectivity index (χ3v) is 13.3. The SMILES string of the molecule is CC(=O)N[C@H]1C[C@@H](C(=O)N2CCC[C@H]2C(=O)N2C[C@@H](NC(C)=O)C[C@H]2C(=O)N2CCC[C@H]2C(=O)O)N(C(=O)[C@@H]2CCCN2C(=O)OCC2c3ccccc3-c3ccccc32)C1. The monoisotopic (exact) mass is 839 g/mol. The molecular formula is C44H53N7O10. The van der Waals surface area contributed by atoms with Gasteiger partial charge < -0.3 is 40.1 Å². The summed E-state index contributed by atoms with van der Waals surface area (Å²) in [6.45, 7) is 3.54. The fourth-order valence-corrected chi connectivity index (χ4v) is 10.7. The number of carboxylic acid groups (broad SMARTS) is 1. The Morgan fingerprint density at radius 1 is 0.574 bits per heavy atom. The van der Waals surface area contributed by atoms with Gasteiger partial charge in [0.15, 0.2) is 0 Å². The topological polar surface area (TPSA) is 206 Å². The molecule has 17 heteroatoms. The maximum Gasteiger partial charge on any atom is 0.410 e. The lowest BCUT2D eigenvalue weighted by Crippen LogP contribution is -2.58. The van der Waals surface area contributed by atoms with Crippen LogP contribution in [0.25, 0.3) is 11.1 Å². The van der Waals surface area contributed by atoms with Crippen molar-refractivity contribution >= 4 is 47.5 Å². The van der Waals surface area contributed by atoms with Gasteiger partial charge in [0.1, 0.15) is 36.8 Å². The number of carbonyl (C=O) groups is 8.